The van der Waals surface area contributed by atoms with Crippen molar-refractivity contribution in [1.82, 2.24) is 0 Å². The number of rotatable bonds is 10. The summed E-state index contributed by atoms with van der Waals surface area (Å²) in [4.78, 5) is 0. The molecule has 0 aliphatic rings. The summed E-state index contributed by atoms with van der Waals surface area (Å²) in [5.41, 5.74) is 0. The summed E-state index contributed by atoms with van der Waals surface area (Å²) in [5, 5.41) is 0. The molecule has 0 unspecified atom stereocenters. The highest BCUT2D eigenvalue weighted by Crippen LogP contribution is 2.20. The van der Waals surface area contributed by atoms with Gasteiger partial charge in [0.15, 0.2) is 0 Å². The van der Waals surface area contributed by atoms with Crippen LogP contribution in [0.1, 0.15) is 20.3 Å². The van der Waals surface area contributed by atoms with Crippen LogP contribution in [0.4, 0.5) is 0 Å². The molecular formula is C9H20O2S2. The van der Waals surface area contributed by atoms with Crippen LogP contribution in [-0.4, -0.2) is 37.9 Å². The lowest BCUT2D eigenvalue weighted by molar-refractivity contribution is 0.151. The third-order valence-corrected chi connectivity index (χ3v) is 3.59. The molecule has 0 fully saturated rings. The zero-order valence-electron chi connectivity index (χ0n) is 8.58. The van der Waals surface area contributed by atoms with Crippen molar-refractivity contribution in [3.8, 4) is 0 Å². The molecule has 0 amide bonds. The summed E-state index contributed by atoms with van der Waals surface area (Å²) in [6.45, 7) is 7.61. The average Bonchev–Trinajstić information content (AvgIpc) is 2.16. The first-order valence-corrected chi connectivity index (χ1v) is 7.30. The monoisotopic (exact) mass is 224 g/mol. The molecule has 0 aliphatic heterocycles. The largest absolute Gasteiger partial charge is 0.381 e. The fraction of sp³-hybridized carbons (Fsp3) is 1.00. The Morgan fingerprint density at radius 3 is 2.00 bits per heavy atom. The normalized spacial score (nSPS) is 10.6. The van der Waals surface area contributed by atoms with Crippen molar-refractivity contribution in [2.45, 2.75) is 20.3 Å². The minimum Gasteiger partial charge on any atom is -0.381 e. The van der Waals surface area contributed by atoms with Gasteiger partial charge in [-0.05, 0) is 13.3 Å². The van der Waals surface area contributed by atoms with E-state index in [9.17, 15) is 0 Å². The van der Waals surface area contributed by atoms with E-state index in [-0.39, 0.29) is 0 Å². The van der Waals surface area contributed by atoms with E-state index in [0.717, 1.165) is 44.4 Å². The van der Waals surface area contributed by atoms with E-state index in [4.69, 9.17) is 9.47 Å². The van der Waals surface area contributed by atoms with Gasteiger partial charge >= 0.3 is 0 Å². The zero-order chi connectivity index (χ0) is 9.78. The predicted octanol–water partition coefficient (Wildman–Crippen LogP) is 2.83. The van der Waals surface area contributed by atoms with E-state index in [1.165, 1.54) is 0 Å². The molecular weight excluding hydrogens is 204 g/mol. The van der Waals surface area contributed by atoms with E-state index in [1.54, 1.807) is 0 Å². The van der Waals surface area contributed by atoms with E-state index in [0.29, 0.717) is 0 Å². The second-order valence-corrected chi connectivity index (χ2v) is 5.16. The summed E-state index contributed by atoms with van der Waals surface area (Å²) in [6.07, 6.45) is 1.11. The van der Waals surface area contributed by atoms with Gasteiger partial charge in [-0.15, -0.1) is 0 Å². The second kappa shape index (κ2) is 12.6. The minimum atomic E-state index is 0.824. The summed E-state index contributed by atoms with van der Waals surface area (Å²) in [7, 11) is 3.73. The first-order valence-electron chi connectivity index (χ1n) is 4.81. The molecule has 0 aromatic carbocycles. The molecule has 80 valence electrons. The first-order chi connectivity index (χ1) is 6.41. The Labute approximate surface area is 89.5 Å². The van der Waals surface area contributed by atoms with Crippen molar-refractivity contribution in [1.29, 1.82) is 0 Å². The van der Waals surface area contributed by atoms with Crippen LogP contribution in [0.5, 0.6) is 0 Å². The number of hydrogen-bond acceptors (Lipinski definition) is 4. The van der Waals surface area contributed by atoms with Crippen LogP contribution in [0.3, 0.4) is 0 Å². The predicted molar refractivity (Wildman–Crippen MR) is 62.5 cm³/mol. The van der Waals surface area contributed by atoms with Gasteiger partial charge in [-0.25, -0.2) is 0 Å². The molecule has 0 rings (SSSR count). The van der Waals surface area contributed by atoms with Crippen molar-refractivity contribution in [3.05, 3.63) is 0 Å². The molecule has 2 nitrogen and oxygen atoms in total. The quantitative estimate of drug-likeness (QED) is 0.419. The van der Waals surface area contributed by atoms with Crippen molar-refractivity contribution in [2.75, 3.05) is 37.9 Å². The molecule has 0 atom stereocenters. The molecule has 0 N–H and O–H groups in total. The van der Waals surface area contributed by atoms with E-state index < -0.39 is 0 Å². The van der Waals surface area contributed by atoms with Crippen molar-refractivity contribution in [3.63, 3.8) is 0 Å². The maximum Gasteiger partial charge on any atom is 0.0565 e. The molecule has 0 heterocycles. The summed E-state index contributed by atoms with van der Waals surface area (Å²) in [6, 6.07) is 0. The van der Waals surface area contributed by atoms with E-state index >= 15 is 0 Å². The third-order valence-electron chi connectivity index (χ3n) is 1.26. The Balaban J connectivity index is 2.76. The van der Waals surface area contributed by atoms with Crippen molar-refractivity contribution < 1.29 is 9.47 Å². The summed E-state index contributed by atoms with van der Waals surface area (Å²) in [5.74, 6) is 2.16. The molecule has 0 spiro atoms. The van der Waals surface area contributed by atoms with Gasteiger partial charge < -0.3 is 9.47 Å². The van der Waals surface area contributed by atoms with Gasteiger partial charge in [-0.2, -0.15) is 0 Å². The lowest BCUT2D eigenvalue weighted by Gasteiger charge is -2.02. The molecule has 0 aliphatic carbocycles. The SMILES string of the molecule is CCCOCCSSCCOCC. The fourth-order valence-electron chi connectivity index (χ4n) is 0.694. The highest BCUT2D eigenvalue weighted by Gasteiger charge is 1.91. The van der Waals surface area contributed by atoms with E-state index in [2.05, 4.69) is 6.92 Å². The smallest absolute Gasteiger partial charge is 0.0565 e. The summed E-state index contributed by atoms with van der Waals surface area (Å²) >= 11 is 0. The maximum atomic E-state index is 5.35. The molecule has 0 bridgehead atoms. The number of hydrogen-bond donors (Lipinski definition) is 0. The van der Waals surface area contributed by atoms with Gasteiger partial charge in [0.05, 0.1) is 13.2 Å². The lowest BCUT2D eigenvalue weighted by Crippen LogP contribution is -1.98. The van der Waals surface area contributed by atoms with Gasteiger partial charge in [0.1, 0.15) is 0 Å². The highest BCUT2D eigenvalue weighted by molar-refractivity contribution is 8.76. The minimum absolute atomic E-state index is 0.824. The highest BCUT2D eigenvalue weighted by atomic mass is 33.1. The van der Waals surface area contributed by atoms with Gasteiger partial charge in [0.2, 0.25) is 0 Å². The molecule has 13 heavy (non-hydrogen) atoms. The molecule has 4 heteroatoms. The first kappa shape index (κ1) is 13.6. The molecule has 0 aromatic heterocycles. The van der Waals surface area contributed by atoms with Crippen LogP contribution in [0.2, 0.25) is 0 Å². The zero-order valence-corrected chi connectivity index (χ0v) is 10.2. The van der Waals surface area contributed by atoms with Crippen LogP contribution in [0.15, 0.2) is 0 Å². The summed E-state index contributed by atoms with van der Waals surface area (Å²) < 4.78 is 10.6. The van der Waals surface area contributed by atoms with Crippen molar-refractivity contribution in [2.24, 2.45) is 0 Å². The molecule has 0 radical (unpaired) electrons. The van der Waals surface area contributed by atoms with E-state index in [1.807, 2.05) is 28.5 Å². The van der Waals surface area contributed by atoms with Crippen LogP contribution in [0.25, 0.3) is 0 Å². The standard InChI is InChI=1S/C9H20O2S2/c1-3-5-11-7-9-13-12-8-6-10-4-2/h3-9H2,1-2H3. The van der Waals surface area contributed by atoms with Gasteiger partial charge in [-0.3, -0.25) is 0 Å². The molecule has 0 saturated carbocycles. The maximum absolute atomic E-state index is 5.35. The Kier molecular flexibility index (Phi) is 13.2. The van der Waals surface area contributed by atoms with Gasteiger partial charge in [0, 0.05) is 24.7 Å². The Bertz CT molecular complexity index is 81.7. The Morgan fingerprint density at radius 1 is 0.846 bits per heavy atom. The topological polar surface area (TPSA) is 18.5 Å². The van der Waals surface area contributed by atoms with Crippen LogP contribution < -0.4 is 0 Å². The fourth-order valence-corrected chi connectivity index (χ4v) is 2.42. The van der Waals surface area contributed by atoms with Gasteiger partial charge in [-0.1, -0.05) is 28.5 Å². The van der Waals surface area contributed by atoms with Crippen LogP contribution in [0, 0.1) is 0 Å². The molecule has 0 saturated heterocycles. The van der Waals surface area contributed by atoms with Crippen LogP contribution >= 0.6 is 21.6 Å². The Hall–Kier alpha value is 0.620. The molecule has 0 aromatic rings. The second-order valence-electron chi connectivity index (χ2n) is 2.45. The number of ether oxygens (including phenoxy) is 2. The lowest BCUT2D eigenvalue weighted by atomic mass is 10.5. The van der Waals surface area contributed by atoms with Crippen molar-refractivity contribution >= 4 is 21.6 Å². The third kappa shape index (κ3) is 12.6. The van der Waals surface area contributed by atoms with Crippen LogP contribution in [-0.2, 0) is 9.47 Å². The Morgan fingerprint density at radius 2 is 1.46 bits per heavy atom. The average molecular weight is 224 g/mol. The van der Waals surface area contributed by atoms with Gasteiger partial charge in [0.25, 0.3) is 0 Å².